The van der Waals surface area contributed by atoms with Crippen molar-refractivity contribution in [1.29, 1.82) is 5.26 Å². The zero-order valence-corrected chi connectivity index (χ0v) is 24.5. The molecule has 42 heavy (non-hydrogen) atoms. The number of benzene rings is 3. The number of anilines is 2. The van der Waals surface area contributed by atoms with E-state index in [1.54, 1.807) is 23.1 Å². The summed E-state index contributed by atoms with van der Waals surface area (Å²) in [7, 11) is 0. The maximum atomic E-state index is 13.8. The van der Waals surface area contributed by atoms with Crippen LogP contribution in [0.2, 0.25) is 0 Å². The Kier molecular flexibility index (Phi) is 9.21. The molecule has 0 fully saturated rings. The van der Waals surface area contributed by atoms with Crippen molar-refractivity contribution < 1.29 is 19.1 Å². The molecule has 2 N–H and O–H groups in total. The summed E-state index contributed by atoms with van der Waals surface area (Å²) in [6, 6.07) is 28.1. The van der Waals surface area contributed by atoms with Crippen molar-refractivity contribution in [2.45, 2.75) is 30.0 Å². The van der Waals surface area contributed by atoms with Crippen LogP contribution in [0.5, 0.6) is 5.75 Å². The van der Waals surface area contributed by atoms with Crippen LogP contribution in [-0.2, 0) is 27.3 Å². The highest BCUT2D eigenvalue weighted by Crippen LogP contribution is 2.40. The van der Waals surface area contributed by atoms with Gasteiger partial charge >= 0.3 is 0 Å². The van der Waals surface area contributed by atoms with Crippen LogP contribution >= 0.6 is 23.1 Å². The Morgan fingerprint density at radius 3 is 2.48 bits per heavy atom. The monoisotopic (exact) mass is 596 g/mol. The largest absolute Gasteiger partial charge is 0.484 e. The molecule has 0 bridgehead atoms. The van der Waals surface area contributed by atoms with Gasteiger partial charge in [-0.25, -0.2) is 0 Å². The zero-order chi connectivity index (χ0) is 29.5. The molecule has 212 valence electrons. The fourth-order valence-corrected chi connectivity index (χ4v) is 6.90. The molecule has 1 atom stereocenters. The van der Waals surface area contributed by atoms with Crippen molar-refractivity contribution in [1.82, 2.24) is 4.90 Å². The van der Waals surface area contributed by atoms with Crippen molar-refractivity contribution >= 4 is 51.5 Å². The number of ether oxygens (including phenoxy) is 1. The number of nitrogens with one attached hydrogen (secondary N) is 2. The molecule has 3 aromatic carbocycles. The number of para-hydroxylation sites is 1. The van der Waals surface area contributed by atoms with E-state index >= 15 is 0 Å². The van der Waals surface area contributed by atoms with Crippen LogP contribution < -0.4 is 15.4 Å². The molecule has 2 heterocycles. The summed E-state index contributed by atoms with van der Waals surface area (Å²) in [6.45, 7) is 2.39. The highest BCUT2D eigenvalue weighted by molar-refractivity contribution is 8.00. The lowest BCUT2D eigenvalue weighted by Crippen LogP contribution is -2.33. The van der Waals surface area contributed by atoms with E-state index in [2.05, 4.69) is 16.7 Å². The molecule has 0 spiro atoms. The first-order chi connectivity index (χ1) is 20.4. The van der Waals surface area contributed by atoms with Crippen LogP contribution in [0, 0.1) is 11.3 Å². The van der Waals surface area contributed by atoms with Gasteiger partial charge in [0.25, 0.3) is 5.91 Å². The summed E-state index contributed by atoms with van der Waals surface area (Å²) in [5, 5.41) is 15.7. The predicted molar refractivity (Wildman–Crippen MR) is 165 cm³/mol. The average Bonchev–Trinajstić information content (AvgIpc) is 3.36. The fourth-order valence-electron chi connectivity index (χ4n) is 4.60. The Balaban J connectivity index is 1.32. The minimum absolute atomic E-state index is 0.0131. The maximum Gasteiger partial charge on any atom is 0.262 e. The van der Waals surface area contributed by atoms with Crippen molar-refractivity contribution in [2.75, 3.05) is 23.8 Å². The molecule has 1 aromatic heterocycles. The summed E-state index contributed by atoms with van der Waals surface area (Å²) in [6.07, 6.45) is 0.579. The van der Waals surface area contributed by atoms with E-state index in [0.29, 0.717) is 41.5 Å². The molecule has 0 saturated carbocycles. The van der Waals surface area contributed by atoms with Gasteiger partial charge in [0.2, 0.25) is 11.8 Å². The van der Waals surface area contributed by atoms with E-state index in [4.69, 9.17) is 4.74 Å². The maximum absolute atomic E-state index is 13.8. The summed E-state index contributed by atoms with van der Waals surface area (Å²) in [4.78, 5) is 41.6. The standard InChI is InChI=1S/C32H28N4O4S2/c1-21(37)36-16-15-26-27(18-33)32(42-28(26)19-36)35-31(39)30(22-9-4-2-5-10-22)41-25-14-8-11-23(17-25)34-29(38)20-40-24-12-6-3-7-13-24/h2-14,17,30H,15-16,19-20H2,1H3,(H,34,38)(H,35,39). The number of carbonyl (C=O) groups is 3. The molecule has 5 rings (SSSR count). The second-order valence-electron chi connectivity index (χ2n) is 9.59. The molecular weight excluding hydrogens is 569 g/mol. The van der Waals surface area contributed by atoms with Gasteiger partial charge in [-0.3, -0.25) is 14.4 Å². The van der Waals surface area contributed by atoms with E-state index in [1.165, 1.54) is 30.0 Å². The SMILES string of the molecule is CC(=O)N1CCc2c(sc(NC(=O)C(Sc3cccc(NC(=O)COc4ccccc4)c3)c3ccccc3)c2C#N)C1. The number of hydrogen-bond donors (Lipinski definition) is 2. The van der Waals surface area contributed by atoms with Crippen LogP contribution in [0.3, 0.4) is 0 Å². The Morgan fingerprint density at radius 1 is 1.02 bits per heavy atom. The number of amides is 3. The first kappa shape index (κ1) is 28.9. The molecule has 0 aliphatic carbocycles. The van der Waals surface area contributed by atoms with Gasteiger partial charge in [0.05, 0.1) is 12.1 Å². The molecular formula is C32H28N4O4S2. The minimum atomic E-state index is -0.627. The number of thiophene rings is 1. The van der Waals surface area contributed by atoms with Gasteiger partial charge in [-0.1, -0.05) is 54.6 Å². The number of fused-ring (bicyclic) bond motifs is 1. The third-order valence-electron chi connectivity index (χ3n) is 6.68. The second-order valence-corrected chi connectivity index (χ2v) is 11.9. The topological polar surface area (TPSA) is 112 Å². The molecule has 1 aliphatic heterocycles. The van der Waals surface area contributed by atoms with E-state index < -0.39 is 5.25 Å². The Labute approximate surface area is 252 Å². The highest BCUT2D eigenvalue weighted by Gasteiger charge is 2.29. The molecule has 1 aliphatic rings. The van der Waals surface area contributed by atoms with Crippen molar-refractivity contribution in [3.05, 3.63) is 106 Å². The number of hydrogen-bond acceptors (Lipinski definition) is 7. The quantitative estimate of drug-likeness (QED) is 0.229. The summed E-state index contributed by atoms with van der Waals surface area (Å²) in [5.74, 6) is 0.0274. The molecule has 1 unspecified atom stereocenters. The normalized spacial score (nSPS) is 12.9. The molecule has 10 heteroatoms. The Bertz CT molecular complexity index is 1630. The van der Waals surface area contributed by atoms with E-state index in [9.17, 15) is 19.6 Å². The lowest BCUT2D eigenvalue weighted by atomic mass is 10.0. The number of thioether (sulfide) groups is 1. The molecule has 3 amide bonds. The first-order valence-corrected chi connectivity index (χ1v) is 15.0. The molecule has 4 aromatic rings. The Morgan fingerprint density at radius 2 is 1.76 bits per heavy atom. The van der Waals surface area contributed by atoms with Gasteiger partial charge in [-0.05, 0) is 47.9 Å². The van der Waals surface area contributed by atoms with Crippen LogP contribution in [0.1, 0.15) is 33.7 Å². The number of rotatable bonds is 9. The van der Waals surface area contributed by atoms with Crippen LogP contribution in [0.25, 0.3) is 0 Å². The van der Waals surface area contributed by atoms with Crippen LogP contribution in [0.4, 0.5) is 10.7 Å². The molecule has 8 nitrogen and oxygen atoms in total. The number of nitrogens with zero attached hydrogens (tertiary/aromatic N) is 2. The van der Waals surface area contributed by atoms with Crippen molar-refractivity contribution in [3.8, 4) is 11.8 Å². The van der Waals surface area contributed by atoms with E-state index in [0.717, 1.165) is 20.9 Å². The van der Waals surface area contributed by atoms with Crippen LogP contribution in [0.15, 0.2) is 89.8 Å². The minimum Gasteiger partial charge on any atom is -0.484 e. The zero-order valence-electron chi connectivity index (χ0n) is 22.8. The molecule has 0 radical (unpaired) electrons. The van der Waals surface area contributed by atoms with Gasteiger partial charge < -0.3 is 20.3 Å². The van der Waals surface area contributed by atoms with Crippen LogP contribution in [-0.4, -0.2) is 35.8 Å². The average molecular weight is 597 g/mol. The van der Waals surface area contributed by atoms with E-state index in [-0.39, 0.29) is 24.3 Å². The van der Waals surface area contributed by atoms with Crippen molar-refractivity contribution in [2.24, 2.45) is 0 Å². The predicted octanol–water partition coefficient (Wildman–Crippen LogP) is 6.01. The van der Waals surface area contributed by atoms with Gasteiger partial charge in [0.1, 0.15) is 22.1 Å². The summed E-state index contributed by atoms with van der Waals surface area (Å²) in [5.41, 5.74) is 2.75. The third kappa shape index (κ3) is 7.00. The highest BCUT2D eigenvalue weighted by atomic mass is 32.2. The number of nitriles is 1. The molecule has 0 saturated heterocycles. The second kappa shape index (κ2) is 13.4. The summed E-state index contributed by atoms with van der Waals surface area (Å²) < 4.78 is 5.54. The van der Waals surface area contributed by atoms with Crippen molar-refractivity contribution in [3.63, 3.8) is 0 Å². The van der Waals surface area contributed by atoms with E-state index in [1.807, 2.05) is 66.7 Å². The lowest BCUT2D eigenvalue weighted by Gasteiger charge is -2.25. The van der Waals surface area contributed by atoms with Gasteiger partial charge in [-0.15, -0.1) is 23.1 Å². The number of carbonyl (C=O) groups excluding carboxylic acids is 3. The fraction of sp³-hybridized carbons (Fsp3) is 0.188. The lowest BCUT2D eigenvalue weighted by molar-refractivity contribution is -0.129. The Hall–Kier alpha value is -4.59. The third-order valence-corrected chi connectivity index (χ3v) is 9.06. The first-order valence-electron chi connectivity index (χ1n) is 13.3. The summed E-state index contributed by atoms with van der Waals surface area (Å²) >= 11 is 2.70. The van der Waals surface area contributed by atoms with Gasteiger partial charge in [0, 0.05) is 28.9 Å². The van der Waals surface area contributed by atoms with Gasteiger partial charge in [0.15, 0.2) is 6.61 Å². The smallest absolute Gasteiger partial charge is 0.262 e. The van der Waals surface area contributed by atoms with Gasteiger partial charge in [-0.2, -0.15) is 5.26 Å².